The van der Waals surface area contributed by atoms with Crippen LogP contribution in [0.4, 0.5) is 0 Å². The number of aromatic nitrogens is 2. The maximum atomic E-state index is 12.0. The van der Waals surface area contributed by atoms with Crippen molar-refractivity contribution >= 4 is 11.8 Å². The molecule has 0 aliphatic heterocycles. The number of hydrogen-bond acceptors (Lipinski definition) is 4. The summed E-state index contributed by atoms with van der Waals surface area (Å²) >= 11 is 0. The van der Waals surface area contributed by atoms with Crippen molar-refractivity contribution in [2.24, 2.45) is 0 Å². The average molecular weight is 352 g/mol. The van der Waals surface area contributed by atoms with E-state index in [-0.39, 0.29) is 24.1 Å². The summed E-state index contributed by atoms with van der Waals surface area (Å²) in [7, 11) is 1.56. The Labute approximate surface area is 151 Å². The molecule has 3 aromatic rings. The van der Waals surface area contributed by atoms with Crippen LogP contribution in [0.5, 0.6) is 0 Å². The van der Waals surface area contributed by atoms with Gasteiger partial charge in [0.15, 0.2) is 5.76 Å². The lowest BCUT2D eigenvalue weighted by molar-refractivity contribution is -0.121. The lowest BCUT2D eigenvalue weighted by Gasteiger charge is -2.15. The monoisotopic (exact) mass is 352 g/mol. The summed E-state index contributed by atoms with van der Waals surface area (Å²) in [5, 5.41) is 7.14. The molecule has 0 fully saturated rings. The minimum Gasteiger partial charge on any atom is -0.459 e. The smallest absolute Gasteiger partial charge is 0.289 e. The Morgan fingerprint density at radius 2 is 2.00 bits per heavy atom. The number of nitrogens with one attached hydrogen (secondary N) is 1. The van der Waals surface area contributed by atoms with Gasteiger partial charge < -0.3 is 14.6 Å². The molecule has 0 aliphatic carbocycles. The molecule has 0 atom stereocenters. The van der Waals surface area contributed by atoms with E-state index in [1.807, 2.05) is 36.5 Å². The Bertz CT molecular complexity index is 856. The quantitative estimate of drug-likeness (QED) is 0.704. The first kappa shape index (κ1) is 17.5. The van der Waals surface area contributed by atoms with Gasteiger partial charge in [-0.2, -0.15) is 5.10 Å². The third-order valence-electron chi connectivity index (χ3n) is 3.85. The van der Waals surface area contributed by atoms with Crippen LogP contribution in [0.1, 0.15) is 16.1 Å². The van der Waals surface area contributed by atoms with E-state index in [0.717, 1.165) is 11.3 Å². The van der Waals surface area contributed by atoms with Crippen molar-refractivity contribution in [3.8, 4) is 5.69 Å². The van der Waals surface area contributed by atoms with Gasteiger partial charge in [0.25, 0.3) is 5.91 Å². The third kappa shape index (κ3) is 4.38. The van der Waals surface area contributed by atoms with Gasteiger partial charge in [0.2, 0.25) is 5.91 Å². The van der Waals surface area contributed by atoms with E-state index in [2.05, 4.69) is 10.4 Å². The van der Waals surface area contributed by atoms with Crippen LogP contribution in [0, 0.1) is 0 Å². The molecule has 26 heavy (non-hydrogen) atoms. The van der Waals surface area contributed by atoms with E-state index >= 15 is 0 Å². The number of likely N-dealkylation sites (N-methyl/N-ethyl adjacent to an activating group) is 1. The Kier molecular flexibility index (Phi) is 5.48. The highest BCUT2D eigenvalue weighted by Crippen LogP contribution is 2.08. The molecule has 1 aromatic carbocycles. The van der Waals surface area contributed by atoms with Gasteiger partial charge in [-0.25, -0.2) is 4.68 Å². The number of carbonyl (C=O) groups is 2. The van der Waals surface area contributed by atoms with E-state index in [1.54, 1.807) is 30.1 Å². The molecule has 0 bridgehead atoms. The van der Waals surface area contributed by atoms with E-state index < -0.39 is 0 Å². The fraction of sp³-hybridized carbons (Fsp3) is 0.211. The number of furan rings is 1. The molecule has 3 rings (SSSR count). The van der Waals surface area contributed by atoms with Crippen LogP contribution in [0.3, 0.4) is 0 Å². The van der Waals surface area contributed by atoms with E-state index in [1.165, 1.54) is 11.2 Å². The highest BCUT2D eigenvalue weighted by atomic mass is 16.3. The van der Waals surface area contributed by atoms with Gasteiger partial charge >= 0.3 is 0 Å². The number of para-hydroxylation sites is 1. The number of nitrogens with zero attached hydrogens (tertiary/aromatic N) is 3. The minimum absolute atomic E-state index is 0.0250. The van der Waals surface area contributed by atoms with Gasteiger partial charge in [0.1, 0.15) is 0 Å². The van der Waals surface area contributed by atoms with Crippen LogP contribution in [-0.2, 0) is 11.2 Å². The van der Waals surface area contributed by atoms with Gasteiger partial charge in [-0.15, -0.1) is 0 Å². The predicted octanol–water partition coefficient (Wildman–Crippen LogP) is 1.90. The standard InChI is InChI=1S/C19H20N4O3/c1-22(19(25)17-8-5-11-26-17)14-18(24)20-10-9-15-12-21-23(13-15)16-6-3-2-4-7-16/h2-8,11-13H,9-10,14H2,1H3,(H,20,24). The Morgan fingerprint density at radius 3 is 2.73 bits per heavy atom. The van der Waals surface area contributed by atoms with Crippen LogP contribution >= 0.6 is 0 Å². The first-order valence-corrected chi connectivity index (χ1v) is 8.28. The molecule has 0 radical (unpaired) electrons. The van der Waals surface area contributed by atoms with Crippen molar-refractivity contribution in [3.05, 3.63) is 72.4 Å². The lowest BCUT2D eigenvalue weighted by atomic mass is 10.2. The summed E-state index contributed by atoms with van der Waals surface area (Å²) in [5.41, 5.74) is 2.01. The Morgan fingerprint density at radius 1 is 1.19 bits per heavy atom. The fourth-order valence-corrected chi connectivity index (χ4v) is 2.49. The number of hydrogen-bond donors (Lipinski definition) is 1. The molecule has 0 unspecified atom stereocenters. The molecule has 2 amide bonds. The largest absolute Gasteiger partial charge is 0.459 e. The second kappa shape index (κ2) is 8.15. The molecule has 0 spiro atoms. The molecule has 134 valence electrons. The van der Waals surface area contributed by atoms with Crippen molar-refractivity contribution in [1.29, 1.82) is 0 Å². The van der Waals surface area contributed by atoms with E-state index in [0.29, 0.717) is 13.0 Å². The average Bonchev–Trinajstić information content (AvgIpc) is 3.34. The summed E-state index contributed by atoms with van der Waals surface area (Å²) < 4.78 is 6.84. The summed E-state index contributed by atoms with van der Waals surface area (Å²) in [4.78, 5) is 25.3. The van der Waals surface area contributed by atoms with Crippen molar-refractivity contribution in [2.75, 3.05) is 20.1 Å². The highest BCUT2D eigenvalue weighted by molar-refractivity contribution is 5.94. The summed E-state index contributed by atoms with van der Waals surface area (Å²) in [5.74, 6) is -0.328. The molecule has 1 N–H and O–H groups in total. The van der Waals surface area contributed by atoms with Crippen LogP contribution in [0.15, 0.2) is 65.5 Å². The van der Waals surface area contributed by atoms with Crippen molar-refractivity contribution in [2.45, 2.75) is 6.42 Å². The molecule has 0 aliphatic rings. The van der Waals surface area contributed by atoms with Gasteiger partial charge in [0.05, 0.1) is 24.7 Å². The first-order valence-electron chi connectivity index (χ1n) is 8.28. The van der Waals surface area contributed by atoms with E-state index in [4.69, 9.17) is 4.42 Å². The van der Waals surface area contributed by atoms with Gasteiger partial charge in [0, 0.05) is 19.8 Å². The number of benzene rings is 1. The molecule has 0 saturated carbocycles. The molecule has 7 nitrogen and oxygen atoms in total. The first-order chi connectivity index (χ1) is 12.6. The SMILES string of the molecule is CN(CC(=O)NCCc1cnn(-c2ccccc2)c1)C(=O)c1ccco1. The van der Waals surface area contributed by atoms with Crippen LogP contribution < -0.4 is 5.32 Å². The third-order valence-corrected chi connectivity index (χ3v) is 3.85. The number of amides is 2. The molecular weight excluding hydrogens is 332 g/mol. The van der Waals surface area contributed by atoms with Crippen molar-refractivity contribution in [3.63, 3.8) is 0 Å². The molecular formula is C19H20N4O3. The second-order valence-electron chi connectivity index (χ2n) is 5.87. The normalized spacial score (nSPS) is 10.5. The van der Waals surface area contributed by atoms with Gasteiger partial charge in [-0.3, -0.25) is 9.59 Å². The Balaban J connectivity index is 1.44. The fourth-order valence-electron chi connectivity index (χ4n) is 2.49. The minimum atomic E-state index is -0.325. The molecule has 2 heterocycles. The zero-order chi connectivity index (χ0) is 18.4. The van der Waals surface area contributed by atoms with Crippen LogP contribution in [0.2, 0.25) is 0 Å². The van der Waals surface area contributed by atoms with Crippen molar-refractivity contribution in [1.82, 2.24) is 20.0 Å². The van der Waals surface area contributed by atoms with Gasteiger partial charge in [-0.05, 0) is 36.2 Å². The summed E-state index contributed by atoms with van der Waals surface area (Å²) in [6.45, 7) is 0.449. The van der Waals surface area contributed by atoms with E-state index in [9.17, 15) is 9.59 Å². The molecule has 0 saturated heterocycles. The zero-order valence-corrected chi connectivity index (χ0v) is 14.5. The van der Waals surface area contributed by atoms with Crippen LogP contribution in [-0.4, -0.2) is 46.6 Å². The number of carbonyl (C=O) groups excluding carboxylic acids is 2. The lowest BCUT2D eigenvalue weighted by Crippen LogP contribution is -2.38. The topological polar surface area (TPSA) is 80.4 Å². The zero-order valence-electron chi connectivity index (χ0n) is 14.5. The highest BCUT2D eigenvalue weighted by Gasteiger charge is 2.16. The van der Waals surface area contributed by atoms with Gasteiger partial charge in [-0.1, -0.05) is 18.2 Å². The van der Waals surface area contributed by atoms with Crippen LogP contribution in [0.25, 0.3) is 5.69 Å². The predicted molar refractivity (Wildman–Crippen MR) is 95.9 cm³/mol. The maximum Gasteiger partial charge on any atom is 0.289 e. The molecule has 2 aromatic heterocycles. The number of rotatable bonds is 7. The maximum absolute atomic E-state index is 12.0. The Hall–Kier alpha value is -3.35. The van der Waals surface area contributed by atoms with Crippen molar-refractivity contribution < 1.29 is 14.0 Å². The second-order valence-corrected chi connectivity index (χ2v) is 5.87. The summed E-state index contributed by atoms with van der Waals surface area (Å²) in [6, 6.07) is 13.0. The summed E-state index contributed by atoms with van der Waals surface area (Å²) in [6.07, 6.45) is 5.81. The molecule has 7 heteroatoms.